The molecular weight excluding hydrogens is 436 g/mol. The Bertz CT molecular complexity index is 991. The van der Waals surface area contributed by atoms with Gasteiger partial charge < -0.3 is 10.0 Å². The van der Waals surface area contributed by atoms with Crippen molar-refractivity contribution in [1.82, 2.24) is 10.2 Å². The number of nitrogens with zero attached hydrogens (tertiary/aromatic N) is 3. The molecule has 2 N–H and O–H groups in total. The van der Waals surface area contributed by atoms with Crippen LogP contribution in [-0.2, 0) is 6.54 Å². The van der Waals surface area contributed by atoms with E-state index in [0.29, 0.717) is 17.1 Å². The fourth-order valence-electron chi connectivity index (χ4n) is 5.23. The maximum absolute atomic E-state index is 12.3. The molecule has 1 aliphatic heterocycles. The summed E-state index contributed by atoms with van der Waals surface area (Å²) in [5.74, 6) is 0. The Labute approximate surface area is 200 Å². The number of nitrogens with one attached hydrogen (secondary N) is 1. The van der Waals surface area contributed by atoms with Crippen LogP contribution in [0.3, 0.4) is 0 Å². The summed E-state index contributed by atoms with van der Waals surface area (Å²) < 4.78 is 0. The van der Waals surface area contributed by atoms with Crippen LogP contribution in [0, 0.1) is 11.3 Å². The highest BCUT2D eigenvalue weighted by molar-refractivity contribution is 6.30. The first-order chi connectivity index (χ1) is 16.0. The van der Waals surface area contributed by atoms with Gasteiger partial charge >= 0.3 is 6.09 Å². The van der Waals surface area contributed by atoms with E-state index in [9.17, 15) is 9.90 Å². The predicted octanol–water partition coefficient (Wildman–Crippen LogP) is 5.61. The Morgan fingerprint density at radius 1 is 1.12 bits per heavy atom. The molecule has 1 amide bonds. The van der Waals surface area contributed by atoms with Gasteiger partial charge in [-0.05, 0) is 74.1 Å². The van der Waals surface area contributed by atoms with E-state index in [1.165, 1.54) is 0 Å². The van der Waals surface area contributed by atoms with Gasteiger partial charge in [-0.15, -0.1) is 0 Å². The van der Waals surface area contributed by atoms with Gasteiger partial charge in [0.15, 0.2) is 0 Å². The van der Waals surface area contributed by atoms with Crippen LogP contribution in [0.5, 0.6) is 0 Å². The molecule has 2 aromatic carbocycles. The average molecular weight is 467 g/mol. The Morgan fingerprint density at radius 2 is 1.88 bits per heavy atom. The number of amides is 1. The van der Waals surface area contributed by atoms with Crippen molar-refractivity contribution >= 4 is 23.4 Å². The second-order valence-corrected chi connectivity index (χ2v) is 9.47. The molecule has 2 aromatic rings. The summed E-state index contributed by atoms with van der Waals surface area (Å²) >= 11 is 6.14. The van der Waals surface area contributed by atoms with Gasteiger partial charge in [0.1, 0.15) is 0 Å². The first-order valence-electron chi connectivity index (χ1n) is 11.8. The lowest BCUT2D eigenvalue weighted by atomic mass is 9.88. The molecule has 3 atom stereocenters. The smallest absolute Gasteiger partial charge is 0.407 e. The molecule has 1 saturated heterocycles. The first kappa shape index (κ1) is 23.4. The van der Waals surface area contributed by atoms with E-state index in [4.69, 9.17) is 16.9 Å². The van der Waals surface area contributed by atoms with E-state index in [-0.39, 0.29) is 18.2 Å². The standard InChI is InChI=1S/C26H31ClN4O2/c27-21-7-5-6-20(16-21)18-31(26(32)33)24-9-2-1-8-23(24)29-25-10-3-4-15-30(25)22-13-11-19(17-28)12-14-22/h5-7,11-14,16,23-25,29H,1-4,8-10,15,18H2,(H,32,33)/t23-,24-,25+/m1/s1. The molecular formula is C26H31ClN4O2. The lowest BCUT2D eigenvalue weighted by molar-refractivity contribution is 0.0868. The van der Waals surface area contributed by atoms with Gasteiger partial charge in [0.25, 0.3) is 0 Å². The summed E-state index contributed by atoms with van der Waals surface area (Å²) in [6, 6.07) is 17.4. The van der Waals surface area contributed by atoms with Crippen molar-refractivity contribution in [2.75, 3.05) is 11.4 Å². The van der Waals surface area contributed by atoms with Crippen LogP contribution >= 0.6 is 11.6 Å². The number of hydrogen-bond acceptors (Lipinski definition) is 4. The van der Waals surface area contributed by atoms with E-state index < -0.39 is 6.09 Å². The lowest BCUT2D eigenvalue weighted by Gasteiger charge is -2.45. The second-order valence-electron chi connectivity index (χ2n) is 9.03. The lowest BCUT2D eigenvalue weighted by Crippen LogP contribution is -2.59. The van der Waals surface area contributed by atoms with Crippen molar-refractivity contribution in [3.63, 3.8) is 0 Å². The van der Waals surface area contributed by atoms with Crippen molar-refractivity contribution < 1.29 is 9.90 Å². The minimum atomic E-state index is -0.888. The van der Waals surface area contributed by atoms with Crippen molar-refractivity contribution in [2.24, 2.45) is 0 Å². The fourth-order valence-corrected chi connectivity index (χ4v) is 5.44. The molecule has 0 aromatic heterocycles. The van der Waals surface area contributed by atoms with Crippen LogP contribution in [0.1, 0.15) is 56.1 Å². The van der Waals surface area contributed by atoms with Gasteiger partial charge in [0.05, 0.1) is 23.8 Å². The van der Waals surface area contributed by atoms with Crippen LogP contribution in [0.2, 0.25) is 5.02 Å². The van der Waals surface area contributed by atoms with Gasteiger partial charge in [0.2, 0.25) is 0 Å². The summed E-state index contributed by atoms with van der Waals surface area (Å²) in [7, 11) is 0. The molecule has 2 aliphatic rings. The number of anilines is 1. The Kier molecular flexibility index (Phi) is 7.74. The molecule has 174 valence electrons. The number of carbonyl (C=O) groups is 1. The molecule has 1 heterocycles. The van der Waals surface area contributed by atoms with E-state index in [2.05, 4.69) is 16.3 Å². The minimum absolute atomic E-state index is 0.0834. The quantitative estimate of drug-likeness (QED) is 0.578. The number of benzene rings is 2. The van der Waals surface area contributed by atoms with Gasteiger partial charge in [-0.2, -0.15) is 5.26 Å². The van der Waals surface area contributed by atoms with Crippen molar-refractivity contribution in [2.45, 2.75) is 69.7 Å². The zero-order chi connectivity index (χ0) is 23.2. The van der Waals surface area contributed by atoms with Crippen molar-refractivity contribution in [1.29, 1.82) is 5.26 Å². The highest BCUT2D eigenvalue weighted by atomic mass is 35.5. The summed E-state index contributed by atoms with van der Waals surface area (Å²) in [4.78, 5) is 16.3. The van der Waals surface area contributed by atoms with Crippen molar-refractivity contribution in [3.05, 3.63) is 64.7 Å². The number of hydrogen-bond donors (Lipinski definition) is 2. The van der Waals surface area contributed by atoms with Crippen LogP contribution < -0.4 is 10.2 Å². The number of piperidine rings is 1. The molecule has 1 saturated carbocycles. The highest BCUT2D eigenvalue weighted by Gasteiger charge is 2.35. The number of carboxylic acid groups (broad SMARTS) is 1. The van der Waals surface area contributed by atoms with Crippen LogP contribution in [-0.4, -0.2) is 40.9 Å². The Morgan fingerprint density at radius 3 is 2.61 bits per heavy atom. The molecule has 4 rings (SSSR count). The van der Waals surface area contributed by atoms with E-state index in [0.717, 1.165) is 62.7 Å². The number of nitriles is 1. The summed E-state index contributed by atoms with van der Waals surface area (Å²) in [5, 5.41) is 23.7. The molecule has 1 aliphatic carbocycles. The molecule has 33 heavy (non-hydrogen) atoms. The molecule has 0 radical (unpaired) electrons. The first-order valence-corrected chi connectivity index (χ1v) is 12.2. The fraction of sp³-hybridized carbons (Fsp3) is 0.462. The monoisotopic (exact) mass is 466 g/mol. The molecule has 2 fully saturated rings. The van der Waals surface area contributed by atoms with Gasteiger partial charge in [-0.25, -0.2) is 4.79 Å². The van der Waals surface area contributed by atoms with Crippen molar-refractivity contribution in [3.8, 4) is 6.07 Å². The van der Waals surface area contributed by atoms with Crippen LogP contribution in [0.15, 0.2) is 48.5 Å². The summed E-state index contributed by atoms with van der Waals surface area (Å²) in [5.41, 5.74) is 2.67. The molecule has 0 spiro atoms. The van der Waals surface area contributed by atoms with E-state index in [1.807, 2.05) is 48.5 Å². The summed E-state index contributed by atoms with van der Waals surface area (Å²) in [6.45, 7) is 1.29. The largest absolute Gasteiger partial charge is 0.465 e. The third-order valence-electron chi connectivity index (χ3n) is 6.85. The predicted molar refractivity (Wildman–Crippen MR) is 130 cm³/mol. The van der Waals surface area contributed by atoms with Gasteiger partial charge in [-0.1, -0.05) is 36.6 Å². The normalized spacial score (nSPS) is 23.0. The minimum Gasteiger partial charge on any atom is -0.465 e. The third kappa shape index (κ3) is 5.79. The summed E-state index contributed by atoms with van der Waals surface area (Å²) in [6.07, 6.45) is 6.50. The van der Waals surface area contributed by atoms with Crippen LogP contribution in [0.25, 0.3) is 0 Å². The molecule has 0 bridgehead atoms. The van der Waals surface area contributed by atoms with Crippen LogP contribution in [0.4, 0.5) is 10.5 Å². The Hall–Kier alpha value is -2.75. The Balaban J connectivity index is 1.52. The third-order valence-corrected chi connectivity index (χ3v) is 7.09. The van der Waals surface area contributed by atoms with Gasteiger partial charge in [0, 0.05) is 29.8 Å². The number of halogens is 1. The molecule has 0 unspecified atom stereocenters. The van der Waals surface area contributed by atoms with E-state index in [1.54, 1.807) is 4.90 Å². The average Bonchev–Trinajstić information content (AvgIpc) is 2.83. The second kappa shape index (κ2) is 10.9. The zero-order valence-electron chi connectivity index (χ0n) is 18.8. The zero-order valence-corrected chi connectivity index (χ0v) is 19.5. The SMILES string of the molecule is N#Cc1ccc(N2CCCC[C@H]2N[C@@H]2CCCC[C@H]2N(Cc2cccc(Cl)c2)C(=O)O)cc1. The highest BCUT2D eigenvalue weighted by Crippen LogP contribution is 2.29. The molecule has 7 heteroatoms. The number of rotatable bonds is 6. The maximum atomic E-state index is 12.3. The topological polar surface area (TPSA) is 79.6 Å². The van der Waals surface area contributed by atoms with Gasteiger partial charge in [-0.3, -0.25) is 10.2 Å². The van der Waals surface area contributed by atoms with E-state index >= 15 is 0 Å². The maximum Gasteiger partial charge on any atom is 0.407 e. The molecule has 6 nitrogen and oxygen atoms in total.